The molecule has 3 aromatic heterocycles. The second-order valence-corrected chi connectivity index (χ2v) is 10.6. The van der Waals surface area contributed by atoms with E-state index < -0.39 is 11.8 Å². The molecule has 192 valence electrons. The molecule has 2 aliphatic rings. The molecule has 1 aliphatic heterocycles. The van der Waals surface area contributed by atoms with Gasteiger partial charge >= 0.3 is 0 Å². The zero-order valence-corrected chi connectivity index (χ0v) is 21.4. The van der Waals surface area contributed by atoms with Crippen LogP contribution in [0, 0.1) is 5.92 Å². The molecule has 0 saturated heterocycles. The predicted octanol–water partition coefficient (Wildman–Crippen LogP) is 4.61. The maximum absolute atomic E-state index is 12.8. The molecule has 4 heterocycles. The van der Waals surface area contributed by atoms with Crippen LogP contribution in [0.15, 0.2) is 62.1 Å². The van der Waals surface area contributed by atoms with Gasteiger partial charge in [-0.05, 0) is 31.4 Å². The smallest absolute Gasteiger partial charge is 0.293 e. The van der Waals surface area contributed by atoms with Gasteiger partial charge < -0.3 is 9.15 Å². The number of rotatable bonds is 5. The van der Waals surface area contributed by atoms with Crippen LogP contribution < -0.4 is 16.1 Å². The van der Waals surface area contributed by atoms with Gasteiger partial charge in [0.2, 0.25) is 0 Å². The number of hydrogen-bond acceptors (Lipinski definition) is 10. The fraction of sp³-hybridized carbons (Fsp3) is 0.231. The summed E-state index contributed by atoms with van der Waals surface area (Å²) in [5.41, 5.74) is 0.988. The molecule has 0 spiro atoms. The highest BCUT2D eigenvalue weighted by atomic mass is 32.1. The number of hydrogen-bond donors (Lipinski definition) is 2. The Balaban J connectivity index is 1.12. The maximum atomic E-state index is 12.8. The number of para-hydroxylation sites is 1. The second kappa shape index (κ2) is 9.95. The molecule has 1 saturated carbocycles. The van der Waals surface area contributed by atoms with E-state index in [1.165, 1.54) is 28.9 Å². The Kier molecular flexibility index (Phi) is 6.34. The van der Waals surface area contributed by atoms with E-state index in [0.29, 0.717) is 27.5 Å². The molecule has 10 nitrogen and oxygen atoms in total. The van der Waals surface area contributed by atoms with Crippen LogP contribution in [0.1, 0.15) is 36.2 Å². The van der Waals surface area contributed by atoms with Gasteiger partial charge in [-0.2, -0.15) is 0 Å². The molecule has 2 unspecified atom stereocenters. The van der Waals surface area contributed by atoms with Crippen molar-refractivity contribution in [2.75, 3.05) is 10.6 Å². The first-order valence-electron chi connectivity index (χ1n) is 11.9. The van der Waals surface area contributed by atoms with Crippen LogP contribution in [0.5, 0.6) is 0 Å². The van der Waals surface area contributed by atoms with Crippen molar-refractivity contribution >= 4 is 61.5 Å². The number of benzene rings is 1. The Morgan fingerprint density at radius 2 is 1.61 bits per heavy atom. The van der Waals surface area contributed by atoms with E-state index in [4.69, 9.17) is 9.15 Å². The number of carbonyl (C=O) groups is 3. The number of amides is 2. The molecule has 38 heavy (non-hydrogen) atoms. The van der Waals surface area contributed by atoms with E-state index in [-0.39, 0.29) is 39.7 Å². The number of aromatic nitrogens is 2. The quantitative estimate of drug-likeness (QED) is 0.345. The summed E-state index contributed by atoms with van der Waals surface area (Å²) in [5.74, 6) is -1.74. The number of nitrogens with zero attached hydrogens (tertiary/aromatic N) is 2. The van der Waals surface area contributed by atoms with Gasteiger partial charge in [-0.1, -0.05) is 18.6 Å². The van der Waals surface area contributed by atoms with Gasteiger partial charge in [-0.3, -0.25) is 29.8 Å². The zero-order chi connectivity index (χ0) is 26.2. The molecule has 1 aromatic carbocycles. The lowest BCUT2D eigenvalue weighted by Gasteiger charge is -2.33. The van der Waals surface area contributed by atoms with Gasteiger partial charge in [0.25, 0.3) is 11.8 Å². The third-order valence-corrected chi connectivity index (χ3v) is 8.00. The number of anilines is 2. The standard InChI is InChI=1S/C26H20N4O6S2/c31-18-9-21(36-20-8-4-1-5-13(18)20)24(34)30-26-28-17(12-38-26)16-11-37-25(27-16)29-23(33)15-10-35-19-7-3-2-6-14(19)22(15)32/h1,4-5,8-12,14,19H,2-3,6-7H2,(H,27,29,33)(H,28,30,34). The Hall–Kier alpha value is -4.16. The van der Waals surface area contributed by atoms with Crippen molar-refractivity contribution in [3.8, 4) is 11.4 Å². The average Bonchev–Trinajstić information content (AvgIpc) is 3.58. The first-order chi connectivity index (χ1) is 18.5. The van der Waals surface area contributed by atoms with Gasteiger partial charge in [-0.25, -0.2) is 9.97 Å². The van der Waals surface area contributed by atoms with Gasteiger partial charge in [0, 0.05) is 16.8 Å². The number of nitrogens with one attached hydrogen (secondary N) is 2. The molecule has 12 heteroatoms. The highest BCUT2D eigenvalue weighted by molar-refractivity contribution is 7.15. The number of ether oxygens (including phenoxy) is 1. The van der Waals surface area contributed by atoms with Crippen LogP contribution in [-0.2, 0) is 14.3 Å². The lowest BCUT2D eigenvalue weighted by atomic mass is 9.80. The van der Waals surface area contributed by atoms with E-state index in [1.807, 2.05) is 0 Å². The molecule has 2 atom stereocenters. The minimum atomic E-state index is -0.604. The lowest BCUT2D eigenvalue weighted by molar-refractivity contribution is -0.129. The fourth-order valence-corrected chi connectivity index (χ4v) is 5.97. The van der Waals surface area contributed by atoms with E-state index >= 15 is 0 Å². The molecule has 0 radical (unpaired) electrons. The topological polar surface area (TPSA) is 140 Å². The van der Waals surface area contributed by atoms with Crippen LogP contribution in [0.2, 0.25) is 0 Å². The first kappa shape index (κ1) is 24.2. The Labute approximate surface area is 223 Å². The van der Waals surface area contributed by atoms with Gasteiger partial charge in [0.05, 0.1) is 17.6 Å². The first-order valence-corrected chi connectivity index (χ1v) is 13.7. The van der Waals surface area contributed by atoms with Crippen molar-refractivity contribution in [3.05, 3.63) is 68.9 Å². The second-order valence-electron chi connectivity index (χ2n) is 8.92. The Morgan fingerprint density at radius 3 is 2.37 bits per heavy atom. The van der Waals surface area contributed by atoms with Crippen molar-refractivity contribution in [1.29, 1.82) is 0 Å². The van der Waals surface area contributed by atoms with Crippen LogP contribution >= 0.6 is 22.7 Å². The third kappa shape index (κ3) is 4.63. The summed E-state index contributed by atoms with van der Waals surface area (Å²) in [6.45, 7) is 0. The normalized spacial score (nSPS) is 18.8. The number of Topliss-reactive ketones (excluding diaryl/α,β-unsaturated/α-hetero) is 1. The van der Waals surface area contributed by atoms with Crippen LogP contribution in [-0.4, -0.2) is 33.7 Å². The van der Waals surface area contributed by atoms with Crippen LogP contribution in [0.3, 0.4) is 0 Å². The maximum Gasteiger partial charge on any atom is 0.293 e. The number of thiazole rings is 2. The SMILES string of the molecule is O=C(Nc1nc(-c2csc(NC(=O)c3cc(=O)c4ccccc4o3)n2)cs1)C1=COC2CCCCC2C1=O. The summed E-state index contributed by atoms with van der Waals surface area (Å²) in [6.07, 6.45) is 4.65. The highest BCUT2D eigenvalue weighted by Crippen LogP contribution is 2.34. The minimum absolute atomic E-state index is 0.00361. The summed E-state index contributed by atoms with van der Waals surface area (Å²) in [5, 5.41) is 9.71. The summed E-state index contributed by atoms with van der Waals surface area (Å²) < 4.78 is 11.2. The van der Waals surface area contributed by atoms with Gasteiger partial charge in [0.15, 0.2) is 27.2 Å². The lowest BCUT2D eigenvalue weighted by Crippen LogP contribution is -2.39. The summed E-state index contributed by atoms with van der Waals surface area (Å²) >= 11 is 2.36. The van der Waals surface area contributed by atoms with Gasteiger partial charge in [-0.15, -0.1) is 22.7 Å². The molecule has 0 bridgehead atoms. The zero-order valence-electron chi connectivity index (χ0n) is 19.8. The van der Waals surface area contributed by atoms with Crippen LogP contribution in [0.4, 0.5) is 10.3 Å². The molecular formula is C26H20N4O6S2. The summed E-state index contributed by atoms with van der Waals surface area (Å²) in [6, 6.07) is 7.83. The monoisotopic (exact) mass is 548 g/mol. The molecule has 2 amide bonds. The Bertz CT molecular complexity index is 1670. The fourth-order valence-electron chi connectivity index (χ4n) is 4.57. The van der Waals surface area contributed by atoms with Crippen molar-refractivity contribution < 1.29 is 23.5 Å². The van der Waals surface area contributed by atoms with E-state index in [9.17, 15) is 19.2 Å². The third-order valence-electron chi connectivity index (χ3n) is 6.48. The van der Waals surface area contributed by atoms with E-state index in [2.05, 4.69) is 20.6 Å². The van der Waals surface area contributed by atoms with Crippen molar-refractivity contribution in [1.82, 2.24) is 9.97 Å². The number of ketones is 1. The molecular weight excluding hydrogens is 528 g/mol. The van der Waals surface area contributed by atoms with E-state index in [1.54, 1.807) is 35.0 Å². The molecule has 6 rings (SSSR count). The molecule has 1 fully saturated rings. The summed E-state index contributed by atoms with van der Waals surface area (Å²) in [7, 11) is 0. The minimum Gasteiger partial charge on any atom is -0.496 e. The van der Waals surface area contributed by atoms with Gasteiger partial charge in [0.1, 0.15) is 28.6 Å². The largest absolute Gasteiger partial charge is 0.496 e. The molecule has 2 N–H and O–H groups in total. The molecule has 4 aromatic rings. The molecule has 1 aliphatic carbocycles. The highest BCUT2D eigenvalue weighted by Gasteiger charge is 2.39. The average molecular weight is 549 g/mol. The number of carbonyl (C=O) groups excluding carboxylic acids is 3. The van der Waals surface area contributed by atoms with Crippen LogP contribution in [0.25, 0.3) is 22.4 Å². The van der Waals surface area contributed by atoms with E-state index in [0.717, 1.165) is 31.7 Å². The summed E-state index contributed by atoms with van der Waals surface area (Å²) in [4.78, 5) is 59.3. The predicted molar refractivity (Wildman–Crippen MR) is 142 cm³/mol. The number of fused-ring (bicyclic) bond motifs is 2. The van der Waals surface area contributed by atoms with Crippen molar-refractivity contribution in [2.45, 2.75) is 31.8 Å². The van der Waals surface area contributed by atoms with Crippen molar-refractivity contribution in [2.24, 2.45) is 5.92 Å². The van der Waals surface area contributed by atoms with Crippen molar-refractivity contribution in [3.63, 3.8) is 0 Å². The Morgan fingerprint density at radius 1 is 0.921 bits per heavy atom.